The molecule has 294 valence electrons. The third-order valence-electron chi connectivity index (χ3n) is 11.5. The molecular formula is C45H49N7O5. The molecule has 1 fully saturated rings. The quantitative estimate of drug-likeness (QED) is 0.107. The first-order valence-electron chi connectivity index (χ1n) is 19.9. The Bertz CT molecular complexity index is 2450. The molecule has 0 radical (unpaired) electrons. The van der Waals surface area contributed by atoms with Gasteiger partial charge in [0, 0.05) is 30.0 Å². The van der Waals surface area contributed by atoms with Crippen LogP contribution >= 0.6 is 0 Å². The summed E-state index contributed by atoms with van der Waals surface area (Å²) in [5.74, 6) is 3.15. The van der Waals surface area contributed by atoms with E-state index in [-0.39, 0.29) is 24.4 Å². The largest absolute Gasteiger partial charge is 0.488 e. The number of nitrogens with one attached hydrogen (secondary N) is 3. The van der Waals surface area contributed by atoms with Crippen molar-refractivity contribution < 1.29 is 23.9 Å². The Morgan fingerprint density at radius 3 is 2.47 bits per heavy atom. The van der Waals surface area contributed by atoms with Gasteiger partial charge in [0.2, 0.25) is 11.8 Å². The lowest BCUT2D eigenvalue weighted by Crippen LogP contribution is -2.43. The molecule has 0 spiro atoms. The van der Waals surface area contributed by atoms with Crippen LogP contribution in [0.15, 0.2) is 79.0 Å². The molecule has 4 aromatic carbocycles. The third kappa shape index (κ3) is 7.43. The number of methoxy groups -OCH3 is 1. The first-order chi connectivity index (χ1) is 27.7. The van der Waals surface area contributed by atoms with E-state index in [1.807, 2.05) is 61.3 Å². The van der Waals surface area contributed by atoms with Gasteiger partial charge in [-0.2, -0.15) is 0 Å². The molecule has 4 atom stereocenters. The monoisotopic (exact) mass is 767 g/mol. The van der Waals surface area contributed by atoms with Gasteiger partial charge in [-0.05, 0) is 76.6 Å². The van der Waals surface area contributed by atoms with E-state index in [0.717, 1.165) is 74.2 Å². The van der Waals surface area contributed by atoms with E-state index in [4.69, 9.17) is 14.5 Å². The van der Waals surface area contributed by atoms with Crippen molar-refractivity contribution in [3.05, 3.63) is 102 Å². The molecule has 8 rings (SSSR count). The van der Waals surface area contributed by atoms with E-state index in [9.17, 15) is 14.4 Å². The van der Waals surface area contributed by atoms with Gasteiger partial charge in [-0.1, -0.05) is 76.2 Å². The summed E-state index contributed by atoms with van der Waals surface area (Å²) < 4.78 is 11.2. The molecule has 3 N–H and O–H groups in total. The summed E-state index contributed by atoms with van der Waals surface area (Å²) in [4.78, 5) is 59.6. The van der Waals surface area contributed by atoms with Crippen molar-refractivity contribution in [3.63, 3.8) is 0 Å². The van der Waals surface area contributed by atoms with Crippen molar-refractivity contribution in [1.82, 2.24) is 35.1 Å². The van der Waals surface area contributed by atoms with Crippen LogP contribution in [0.4, 0.5) is 4.79 Å². The molecule has 1 saturated carbocycles. The minimum Gasteiger partial charge on any atom is -0.488 e. The Labute approximate surface area is 332 Å². The highest BCUT2D eigenvalue weighted by molar-refractivity contribution is 6.07. The lowest BCUT2D eigenvalue weighted by Gasteiger charge is -2.27. The minimum absolute atomic E-state index is 0.191. The number of hydrogen-bond donors (Lipinski definition) is 3. The maximum Gasteiger partial charge on any atom is 0.407 e. The normalized spacial score (nSPS) is 17.3. The second-order valence-electron chi connectivity index (χ2n) is 15.3. The zero-order valence-electron chi connectivity index (χ0n) is 33.1. The summed E-state index contributed by atoms with van der Waals surface area (Å²) in [6.45, 7) is 10.1. The Morgan fingerprint density at radius 1 is 0.930 bits per heavy atom. The zero-order valence-corrected chi connectivity index (χ0v) is 33.1. The van der Waals surface area contributed by atoms with Gasteiger partial charge >= 0.3 is 6.09 Å². The van der Waals surface area contributed by atoms with E-state index in [2.05, 4.69) is 70.5 Å². The first kappa shape index (κ1) is 37.7. The second-order valence-corrected chi connectivity index (χ2v) is 15.3. The van der Waals surface area contributed by atoms with Gasteiger partial charge in [0.15, 0.2) is 0 Å². The van der Waals surface area contributed by atoms with Crippen LogP contribution in [0, 0.1) is 11.8 Å². The minimum atomic E-state index is -0.909. The number of benzene rings is 4. The molecular weight excluding hydrogens is 719 g/mol. The molecule has 2 unspecified atom stereocenters. The number of carbonyl (C=O) groups excluding carboxylic acids is 3. The van der Waals surface area contributed by atoms with Crippen molar-refractivity contribution >= 4 is 39.7 Å². The van der Waals surface area contributed by atoms with Crippen LogP contribution in [0.2, 0.25) is 0 Å². The lowest BCUT2D eigenvalue weighted by atomic mass is 9.92. The van der Waals surface area contributed by atoms with Gasteiger partial charge in [-0.25, -0.2) is 14.8 Å². The Morgan fingerprint density at radius 2 is 1.74 bits per heavy atom. The highest BCUT2D eigenvalue weighted by Crippen LogP contribution is 2.44. The summed E-state index contributed by atoms with van der Waals surface area (Å²) in [6.07, 6.45) is 3.28. The van der Waals surface area contributed by atoms with E-state index >= 15 is 0 Å². The lowest BCUT2D eigenvalue weighted by molar-refractivity contribution is -0.134. The van der Waals surface area contributed by atoms with Crippen molar-refractivity contribution in [2.75, 3.05) is 13.7 Å². The molecule has 12 nitrogen and oxygen atoms in total. The van der Waals surface area contributed by atoms with Gasteiger partial charge in [0.1, 0.15) is 30.0 Å². The molecule has 1 aliphatic heterocycles. The van der Waals surface area contributed by atoms with Crippen LogP contribution in [0.3, 0.4) is 0 Å². The van der Waals surface area contributed by atoms with Crippen LogP contribution in [0.25, 0.3) is 44.2 Å². The molecule has 1 aliphatic carbocycles. The Kier molecular flexibility index (Phi) is 10.4. The number of aromatic amines is 2. The van der Waals surface area contributed by atoms with Gasteiger partial charge in [0.05, 0.1) is 43.1 Å². The van der Waals surface area contributed by atoms with Gasteiger partial charge in [-0.3, -0.25) is 9.59 Å². The van der Waals surface area contributed by atoms with Crippen molar-refractivity contribution in [2.45, 2.75) is 78.7 Å². The summed E-state index contributed by atoms with van der Waals surface area (Å²) in [6, 6.07) is 23.2. The second kappa shape index (κ2) is 15.8. The van der Waals surface area contributed by atoms with E-state index < -0.39 is 12.1 Å². The number of amides is 3. The Hall–Kier alpha value is -6.17. The number of aromatic nitrogens is 4. The fraction of sp³-hybridized carbons (Fsp3) is 0.356. The van der Waals surface area contributed by atoms with Crippen LogP contribution in [0.1, 0.15) is 75.8 Å². The first-order valence-corrected chi connectivity index (χ1v) is 19.9. The Balaban J connectivity index is 1.03. The molecule has 0 bridgehead atoms. The average molecular weight is 768 g/mol. The van der Waals surface area contributed by atoms with Crippen LogP contribution in [0.5, 0.6) is 5.75 Å². The van der Waals surface area contributed by atoms with Gasteiger partial charge < -0.3 is 34.6 Å². The fourth-order valence-corrected chi connectivity index (χ4v) is 8.26. The highest BCUT2D eigenvalue weighted by Gasteiger charge is 2.48. The van der Waals surface area contributed by atoms with Crippen LogP contribution in [-0.2, 0) is 34.0 Å². The zero-order chi connectivity index (χ0) is 39.8. The van der Waals surface area contributed by atoms with Crippen LogP contribution in [-0.4, -0.2) is 67.3 Å². The molecule has 57 heavy (non-hydrogen) atoms. The number of rotatable bonds is 13. The summed E-state index contributed by atoms with van der Waals surface area (Å²) in [7, 11) is 1.28. The number of imidazole rings is 2. The summed E-state index contributed by atoms with van der Waals surface area (Å²) >= 11 is 0. The molecule has 2 aliphatic rings. The predicted molar refractivity (Wildman–Crippen MR) is 219 cm³/mol. The molecule has 12 heteroatoms. The molecule has 3 amide bonds. The number of hydrogen-bond acceptors (Lipinski definition) is 7. The van der Waals surface area contributed by atoms with Crippen molar-refractivity contribution in [1.29, 1.82) is 0 Å². The fourth-order valence-electron chi connectivity index (χ4n) is 8.26. The maximum atomic E-state index is 14.0. The number of H-pyrrole nitrogens is 2. The SMILES string of the molecule is CCCC(=O)N(Cc1ncc(-c2ccc3c(c2)COc2cc4c(ccc5[nH]c(CN(CCC)C(=O)[C@H](NC(=O)OC)c6ccccc6)nc54)cc2-3)[nH]1)C1C(C)[C@H]1C. The van der Waals surface area contributed by atoms with E-state index in [1.165, 1.54) is 7.11 Å². The number of fused-ring (bicyclic) bond motifs is 6. The standard InChI is InChI=1S/C45H49N7O5/c1-6-11-40(53)52(43-26(3)27(43)4)24-38-46-22-36(48-38)30-14-16-32-31(19-30)25-57-37-21-33-29(20-34(32)37)15-17-35-42(33)49-39(47-35)23-51(18-7-2)44(54)41(50-45(55)56-5)28-12-9-8-10-13-28/h8-10,12-17,19-22,26-27,41,43H,6-7,11,18,23-25H2,1-5H3,(H,46,48)(H,47,49)(H,50,55)/t26-,27?,41-,43?/m1/s1. The molecule has 6 aromatic rings. The topological polar surface area (TPSA) is 146 Å². The number of ether oxygens (including phenoxy) is 2. The van der Waals surface area contributed by atoms with Gasteiger partial charge in [-0.15, -0.1) is 0 Å². The van der Waals surface area contributed by atoms with E-state index in [1.54, 1.807) is 4.90 Å². The number of carbonyl (C=O) groups is 3. The number of nitrogens with zero attached hydrogens (tertiary/aromatic N) is 4. The molecule has 0 saturated heterocycles. The molecule has 3 heterocycles. The maximum absolute atomic E-state index is 14.0. The summed E-state index contributed by atoms with van der Waals surface area (Å²) in [5.41, 5.74) is 7.43. The average Bonchev–Trinajstić information content (AvgIpc) is 3.56. The smallest absolute Gasteiger partial charge is 0.407 e. The third-order valence-corrected chi connectivity index (χ3v) is 11.5. The van der Waals surface area contributed by atoms with E-state index in [0.29, 0.717) is 49.3 Å². The molecule has 2 aromatic heterocycles. The van der Waals surface area contributed by atoms with Crippen molar-refractivity contribution in [3.8, 4) is 28.1 Å². The van der Waals surface area contributed by atoms with Gasteiger partial charge in [0.25, 0.3) is 0 Å². The number of alkyl carbamates (subject to hydrolysis) is 1. The predicted octanol–water partition coefficient (Wildman–Crippen LogP) is 8.28. The summed E-state index contributed by atoms with van der Waals surface area (Å²) in [5, 5.41) is 4.68. The highest BCUT2D eigenvalue weighted by atomic mass is 16.5. The van der Waals surface area contributed by atoms with Crippen molar-refractivity contribution in [2.24, 2.45) is 11.8 Å². The van der Waals surface area contributed by atoms with Crippen LogP contribution < -0.4 is 10.1 Å².